The molecule has 0 aromatic carbocycles. The highest BCUT2D eigenvalue weighted by molar-refractivity contribution is 5.72. The molecule has 2 fully saturated rings. The van der Waals surface area contributed by atoms with Gasteiger partial charge in [0, 0.05) is 32.1 Å². The molecule has 0 bridgehead atoms. The Bertz CT molecular complexity index is 758. The predicted octanol–water partition coefficient (Wildman–Crippen LogP) is 4.03. The Kier molecular flexibility index (Phi) is 11.3. The van der Waals surface area contributed by atoms with Gasteiger partial charge in [-0.3, -0.25) is 9.59 Å². The number of carbonyl (C=O) groups is 2. The summed E-state index contributed by atoms with van der Waals surface area (Å²) in [5.74, 6) is -0.401. The summed E-state index contributed by atoms with van der Waals surface area (Å²) in [6, 6.07) is 0. The van der Waals surface area contributed by atoms with Crippen LogP contribution in [0.1, 0.15) is 139 Å². The van der Waals surface area contributed by atoms with Gasteiger partial charge in [-0.1, -0.05) is 32.6 Å². The van der Waals surface area contributed by atoms with Crippen molar-refractivity contribution in [3.8, 4) is 0 Å². The third-order valence-electron chi connectivity index (χ3n) is 8.75. The van der Waals surface area contributed by atoms with Crippen molar-refractivity contribution < 1.29 is 29.2 Å². The van der Waals surface area contributed by atoms with Gasteiger partial charge in [0.1, 0.15) is 12.2 Å². The minimum Gasteiger partial charge on any atom is -0.634 e. The van der Waals surface area contributed by atoms with E-state index in [1.807, 2.05) is 62.3 Å². The molecule has 2 rings (SSSR count). The zero-order chi connectivity index (χ0) is 28.9. The van der Waals surface area contributed by atoms with E-state index in [1.165, 1.54) is 0 Å². The summed E-state index contributed by atoms with van der Waals surface area (Å²) in [6.45, 7) is 17.6. The van der Waals surface area contributed by atoms with Crippen LogP contribution in [0.4, 0.5) is 0 Å². The minimum atomic E-state index is -0.469. The van der Waals surface area contributed by atoms with Crippen molar-refractivity contribution in [2.75, 3.05) is 0 Å². The average molecular weight is 541 g/mol. The molecule has 2 aliphatic heterocycles. The van der Waals surface area contributed by atoms with Crippen molar-refractivity contribution in [1.82, 2.24) is 0 Å². The van der Waals surface area contributed by atoms with Gasteiger partial charge in [0.2, 0.25) is 0 Å². The molecule has 0 saturated carbocycles. The number of esters is 2. The van der Waals surface area contributed by atoms with E-state index in [0.29, 0.717) is 32.1 Å². The summed E-state index contributed by atoms with van der Waals surface area (Å²) in [7, 11) is 0. The largest absolute Gasteiger partial charge is 0.634 e. The third-order valence-corrected chi connectivity index (χ3v) is 8.75. The maximum absolute atomic E-state index is 12.9. The van der Waals surface area contributed by atoms with Gasteiger partial charge in [-0.25, -0.2) is 0 Å². The Balaban J connectivity index is 1.64. The lowest BCUT2D eigenvalue weighted by atomic mass is 9.80. The standard InChI is InChI=1S/C30H56N2O6/c1-10-22(26(34)38-24-20-29(6,7)32(36)30(8,9)21-24)16-14-12-11-13-15-17-25(33)37-23-18-27(2,3)31(35)28(4,5)19-23/h22-24,31-32H,10-21H2,1-9H3. The van der Waals surface area contributed by atoms with E-state index in [1.54, 1.807) is 0 Å². The number of hydrogen-bond donors (Lipinski definition) is 2. The Labute approximate surface area is 231 Å². The van der Waals surface area contributed by atoms with Crippen LogP contribution >= 0.6 is 0 Å². The number of carbonyl (C=O) groups excluding carboxylic acids is 2. The zero-order valence-corrected chi connectivity index (χ0v) is 25.7. The Morgan fingerprint density at radius 2 is 1.11 bits per heavy atom. The van der Waals surface area contributed by atoms with Crippen molar-refractivity contribution in [3.05, 3.63) is 10.4 Å². The Hall–Kier alpha value is -1.22. The molecule has 2 aliphatic rings. The number of unbranched alkanes of at least 4 members (excludes halogenated alkanes) is 4. The quantitative estimate of drug-likeness (QED) is 0.220. The van der Waals surface area contributed by atoms with Gasteiger partial charge in [-0.2, -0.15) is 0 Å². The van der Waals surface area contributed by atoms with Crippen LogP contribution in [0, 0.1) is 16.3 Å². The topological polar surface area (TPSA) is 108 Å². The molecule has 2 N–H and O–H groups in total. The second-order valence-corrected chi connectivity index (χ2v) is 14.6. The molecule has 0 radical (unpaired) electrons. The van der Waals surface area contributed by atoms with Crippen LogP contribution < -0.4 is 10.1 Å². The molecule has 2 heterocycles. The van der Waals surface area contributed by atoms with Crippen LogP contribution in [-0.2, 0) is 19.1 Å². The monoisotopic (exact) mass is 540 g/mol. The van der Waals surface area contributed by atoms with E-state index in [-0.39, 0.29) is 40.2 Å². The second-order valence-electron chi connectivity index (χ2n) is 14.6. The fourth-order valence-corrected chi connectivity index (χ4v) is 6.97. The third kappa shape index (κ3) is 8.90. The molecule has 38 heavy (non-hydrogen) atoms. The molecule has 8 nitrogen and oxygen atoms in total. The van der Waals surface area contributed by atoms with E-state index in [9.17, 15) is 20.0 Å². The van der Waals surface area contributed by atoms with Gasteiger partial charge >= 0.3 is 11.9 Å². The number of hydrogen-bond acceptors (Lipinski definition) is 6. The highest BCUT2D eigenvalue weighted by atomic mass is 16.6. The molecule has 1 atom stereocenters. The van der Waals surface area contributed by atoms with Crippen LogP contribution in [0.25, 0.3) is 0 Å². The van der Waals surface area contributed by atoms with Gasteiger partial charge in [-0.15, -0.1) is 0 Å². The smallest absolute Gasteiger partial charge is 0.309 e. The molecule has 2 saturated heterocycles. The van der Waals surface area contributed by atoms with Gasteiger partial charge in [0.15, 0.2) is 0 Å². The second kappa shape index (κ2) is 13.0. The first-order valence-corrected chi connectivity index (χ1v) is 14.9. The molecule has 0 aliphatic carbocycles. The van der Waals surface area contributed by atoms with Gasteiger partial charge < -0.3 is 30.0 Å². The van der Waals surface area contributed by atoms with Gasteiger partial charge in [-0.05, 0) is 74.7 Å². The van der Waals surface area contributed by atoms with Crippen molar-refractivity contribution >= 4 is 11.9 Å². The molecule has 8 heteroatoms. The number of rotatable bonds is 12. The van der Waals surface area contributed by atoms with E-state index in [2.05, 4.69) is 0 Å². The molecule has 0 aromatic heterocycles. The fourth-order valence-electron chi connectivity index (χ4n) is 6.97. The van der Waals surface area contributed by atoms with Gasteiger partial charge in [0.05, 0.1) is 28.1 Å². The average Bonchev–Trinajstić information content (AvgIpc) is 2.76. The summed E-state index contributed by atoms with van der Waals surface area (Å²) in [5.41, 5.74) is -1.86. The number of ether oxygens (including phenoxy) is 2. The molecule has 0 spiro atoms. The Morgan fingerprint density at radius 1 is 0.711 bits per heavy atom. The molecular weight excluding hydrogens is 484 g/mol. The van der Waals surface area contributed by atoms with Crippen LogP contribution in [0.2, 0.25) is 0 Å². The summed E-state index contributed by atoms with van der Waals surface area (Å²) in [4.78, 5) is 25.3. The van der Waals surface area contributed by atoms with Crippen LogP contribution in [0.3, 0.4) is 0 Å². The van der Waals surface area contributed by atoms with Crippen LogP contribution in [-0.4, -0.2) is 46.3 Å². The first-order valence-electron chi connectivity index (χ1n) is 14.9. The summed E-state index contributed by atoms with van der Waals surface area (Å²) >= 11 is 0. The SMILES string of the molecule is CCC(CCCCCCCC(=O)OC1CC(C)(C)[NH+]([O-])C(C)(C)C1)C(=O)OC1CC(C)(C)[NH+]([O-])C(C)(C)C1. The normalized spacial score (nSPS) is 30.3. The van der Waals surface area contributed by atoms with Crippen LogP contribution in [0.5, 0.6) is 0 Å². The molecular formula is C30H56N2O6. The highest BCUT2D eigenvalue weighted by Gasteiger charge is 2.47. The lowest BCUT2D eigenvalue weighted by Gasteiger charge is -2.54. The molecule has 0 aromatic rings. The molecule has 0 amide bonds. The summed E-state index contributed by atoms with van der Waals surface area (Å²) in [5, 5.41) is 25.7. The lowest BCUT2D eigenvalue weighted by Crippen LogP contribution is -3.23. The molecule has 222 valence electrons. The van der Waals surface area contributed by atoms with Crippen molar-refractivity contribution in [2.24, 2.45) is 5.92 Å². The number of hydroxylamine groups is 4. The van der Waals surface area contributed by atoms with Crippen molar-refractivity contribution in [1.29, 1.82) is 0 Å². The van der Waals surface area contributed by atoms with Gasteiger partial charge in [0.25, 0.3) is 0 Å². The van der Waals surface area contributed by atoms with Crippen molar-refractivity contribution in [3.63, 3.8) is 0 Å². The number of quaternary nitrogens is 2. The maximum Gasteiger partial charge on any atom is 0.309 e. The molecule has 1 unspecified atom stereocenters. The van der Waals surface area contributed by atoms with E-state index in [0.717, 1.165) is 44.9 Å². The van der Waals surface area contributed by atoms with Crippen molar-refractivity contribution in [2.45, 2.75) is 174 Å². The van der Waals surface area contributed by atoms with E-state index < -0.39 is 22.2 Å². The summed E-state index contributed by atoms with van der Waals surface area (Å²) in [6.07, 6.45) is 8.69. The Morgan fingerprint density at radius 3 is 1.55 bits per heavy atom. The van der Waals surface area contributed by atoms with E-state index >= 15 is 0 Å². The first-order chi connectivity index (χ1) is 17.4. The van der Waals surface area contributed by atoms with E-state index in [4.69, 9.17) is 9.47 Å². The zero-order valence-electron chi connectivity index (χ0n) is 25.7. The summed E-state index contributed by atoms with van der Waals surface area (Å²) < 4.78 is 11.7. The lowest BCUT2D eigenvalue weighted by molar-refractivity contribution is -0.956. The minimum absolute atomic E-state index is 0.107. The fraction of sp³-hybridized carbons (Fsp3) is 0.933. The first kappa shape index (κ1) is 33.0. The highest BCUT2D eigenvalue weighted by Crippen LogP contribution is 2.28. The number of nitrogens with one attached hydrogen (secondary N) is 2. The maximum atomic E-state index is 12.9. The van der Waals surface area contributed by atoms with Crippen LogP contribution in [0.15, 0.2) is 0 Å². The predicted molar refractivity (Wildman–Crippen MR) is 149 cm³/mol. The number of piperidine rings is 2.